The number of hydrogen-bond acceptors (Lipinski definition) is 8. The molecular weight excluding hydrogens is 679 g/mol. The van der Waals surface area contributed by atoms with E-state index >= 15 is 0 Å². The van der Waals surface area contributed by atoms with Crippen LogP contribution in [0.3, 0.4) is 0 Å². The van der Waals surface area contributed by atoms with Crippen molar-refractivity contribution < 1.29 is 43.0 Å². The second-order valence-electron chi connectivity index (χ2n) is 12.5. The molecule has 0 aliphatic heterocycles. The summed E-state index contributed by atoms with van der Waals surface area (Å²) in [7, 11) is -4.53. The SMILES string of the molecule is CC/C=C\C/C=C\C/C=C\C/C=C\CCCCCOCC(COP(=O)(O)OCC(O)CO)OC(=O)CCCCCCC/C=C\C/C=C\C/C=C\CC. The first-order chi connectivity index (χ1) is 25.3. The summed E-state index contributed by atoms with van der Waals surface area (Å²) >= 11 is 0. The number of phosphoric acid groups is 1. The molecule has 0 fully saturated rings. The lowest BCUT2D eigenvalue weighted by molar-refractivity contribution is -0.154. The number of esters is 1. The molecule has 0 aromatic heterocycles. The fraction of sp³-hybridized carbons (Fsp3) is 0.643. The lowest BCUT2D eigenvalue weighted by Gasteiger charge is -2.20. The minimum Gasteiger partial charge on any atom is -0.457 e. The van der Waals surface area contributed by atoms with Crippen molar-refractivity contribution in [2.24, 2.45) is 0 Å². The largest absolute Gasteiger partial charge is 0.472 e. The van der Waals surface area contributed by atoms with Gasteiger partial charge >= 0.3 is 13.8 Å². The topological polar surface area (TPSA) is 132 Å². The number of allylic oxidation sites excluding steroid dienone is 14. The van der Waals surface area contributed by atoms with Crippen LogP contribution >= 0.6 is 7.82 Å². The smallest absolute Gasteiger partial charge is 0.457 e. The van der Waals surface area contributed by atoms with E-state index in [2.05, 4.69) is 98.9 Å². The van der Waals surface area contributed by atoms with Crippen LogP contribution in [0, 0.1) is 0 Å². The van der Waals surface area contributed by atoms with Crippen LogP contribution in [0.15, 0.2) is 85.1 Å². The van der Waals surface area contributed by atoms with E-state index in [1.165, 1.54) is 0 Å². The van der Waals surface area contributed by atoms with Crippen LogP contribution in [-0.4, -0.2) is 66.3 Å². The lowest BCUT2D eigenvalue weighted by atomic mass is 10.1. The maximum absolute atomic E-state index is 12.6. The van der Waals surface area contributed by atoms with Gasteiger partial charge in [0.2, 0.25) is 0 Å². The zero-order valence-corrected chi connectivity index (χ0v) is 33.1. The van der Waals surface area contributed by atoms with Gasteiger partial charge in [-0.2, -0.15) is 0 Å². The first-order valence-electron chi connectivity index (χ1n) is 19.6. The van der Waals surface area contributed by atoms with Crippen molar-refractivity contribution in [3.05, 3.63) is 85.1 Å². The van der Waals surface area contributed by atoms with Crippen LogP contribution in [0.4, 0.5) is 0 Å². The van der Waals surface area contributed by atoms with E-state index in [1.54, 1.807) is 0 Å². The van der Waals surface area contributed by atoms with Gasteiger partial charge in [-0.1, -0.05) is 125 Å². The number of rotatable bonds is 36. The van der Waals surface area contributed by atoms with E-state index in [0.717, 1.165) is 103 Å². The maximum atomic E-state index is 12.6. The van der Waals surface area contributed by atoms with Crippen LogP contribution < -0.4 is 0 Å². The van der Waals surface area contributed by atoms with Crippen LogP contribution in [0.5, 0.6) is 0 Å². The molecular formula is C42H71O9P. The highest BCUT2D eigenvalue weighted by Crippen LogP contribution is 2.43. The Bertz CT molecular complexity index is 1080. The summed E-state index contributed by atoms with van der Waals surface area (Å²) < 4.78 is 33.2. The van der Waals surface area contributed by atoms with Crippen LogP contribution in [-0.2, 0) is 27.9 Å². The third-order valence-corrected chi connectivity index (χ3v) is 8.53. The molecule has 3 atom stereocenters. The molecule has 52 heavy (non-hydrogen) atoms. The lowest BCUT2D eigenvalue weighted by Crippen LogP contribution is -2.29. The van der Waals surface area contributed by atoms with Gasteiger partial charge in [-0.05, 0) is 83.5 Å². The fourth-order valence-corrected chi connectivity index (χ4v) is 5.44. The van der Waals surface area contributed by atoms with Gasteiger partial charge < -0.3 is 24.6 Å². The van der Waals surface area contributed by atoms with Crippen LogP contribution in [0.1, 0.15) is 129 Å². The van der Waals surface area contributed by atoms with E-state index in [4.69, 9.17) is 23.6 Å². The third-order valence-electron chi connectivity index (χ3n) is 7.58. The van der Waals surface area contributed by atoms with E-state index < -0.39 is 45.8 Å². The van der Waals surface area contributed by atoms with Crippen molar-refractivity contribution >= 4 is 13.8 Å². The second kappa shape index (κ2) is 38.4. The van der Waals surface area contributed by atoms with E-state index in [0.29, 0.717) is 13.0 Å². The van der Waals surface area contributed by atoms with Gasteiger partial charge in [0.1, 0.15) is 12.2 Å². The highest BCUT2D eigenvalue weighted by Gasteiger charge is 2.26. The van der Waals surface area contributed by atoms with Crippen molar-refractivity contribution in [1.82, 2.24) is 0 Å². The standard InChI is InChI=1S/C42H71O9P/c1-3-5-7-9-11-13-15-17-19-21-23-25-27-29-31-33-35-48-38-41(39-50-52(46,47)49-37-40(44)36-43)51-42(45)34-32-30-28-26-24-22-20-18-16-14-12-10-8-6-4-2/h5-8,11-14,17-20,23,25,40-41,43-44H,3-4,9-10,15-16,21-22,24,26-39H2,1-2H3,(H,46,47)/b7-5-,8-6-,13-11-,14-12-,19-17-,20-18-,25-23-. The molecule has 0 amide bonds. The van der Waals surface area contributed by atoms with Crippen molar-refractivity contribution in [2.75, 3.05) is 33.0 Å². The van der Waals surface area contributed by atoms with Crippen LogP contribution in [0.25, 0.3) is 0 Å². The van der Waals surface area contributed by atoms with E-state index in [1.807, 2.05) is 0 Å². The number of carbonyl (C=O) groups is 1. The molecule has 0 saturated heterocycles. The van der Waals surface area contributed by atoms with Gasteiger partial charge in [0, 0.05) is 13.0 Å². The summed E-state index contributed by atoms with van der Waals surface area (Å²) in [5.74, 6) is -0.416. The maximum Gasteiger partial charge on any atom is 0.472 e. The number of carbonyl (C=O) groups excluding carboxylic acids is 1. The molecule has 0 rings (SSSR count). The van der Waals surface area contributed by atoms with Gasteiger partial charge in [0.25, 0.3) is 0 Å². The molecule has 10 heteroatoms. The summed E-state index contributed by atoms with van der Waals surface area (Å²) in [5, 5.41) is 18.3. The molecule has 0 radical (unpaired) electrons. The summed E-state index contributed by atoms with van der Waals surface area (Å²) in [6.45, 7) is 3.15. The Kier molecular flexibility index (Phi) is 36.6. The molecule has 0 aromatic rings. The van der Waals surface area contributed by atoms with Crippen molar-refractivity contribution in [1.29, 1.82) is 0 Å². The monoisotopic (exact) mass is 750 g/mol. The van der Waals surface area contributed by atoms with E-state index in [-0.39, 0.29) is 13.0 Å². The van der Waals surface area contributed by atoms with Gasteiger partial charge in [0.05, 0.1) is 26.4 Å². The number of ether oxygens (including phenoxy) is 2. The predicted octanol–water partition coefficient (Wildman–Crippen LogP) is 10.4. The minimum atomic E-state index is -4.53. The first-order valence-corrected chi connectivity index (χ1v) is 21.1. The van der Waals surface area contributed by atoms with Gasteiger partial charge in [-0.25, -0.2) is 4.57 Å². The summed E-state index contributed by atoms with van der Waals surface area (Å²) in [4.78, 5) is 22.5. The van der Waals surface area contributed by atoms with Crippen molar-refractivity contribution in [2.45, 2.75) is 142 Å². The summed E-state index contributed by atoms with van der Waals surface area (Å²) in [6, 6.07) is 0. The third kappa shape index (κ3) is 37.4. The van der Waals surface area contributed by atoms with Gasteiger partial charge in [-0.3, -0.25) is 13.8 Å². The van der Waals surface area contributed by atoms with Crippen molar-refractivity contribution in [3.63, 3.8) is 0 Å². The molecule has 0 spiro atoms. The second-order valence-corrected chi connectivity index (χ2v) is 14.0. The Balaban J connectivity index is 4.34. The summed E-state index contributed by atoms with van der Waals surface area (Å²) in [6.07, 6.45) is 45.4. The van der Waals surface area contributed by atoms with Gasteiger partial charge in [0.15, 0.2) is 0 Å². The Hall–Kier alpha value is -2.36. The summed E-state index contributed by atoms with van der Waals surface area (Å²) in [5.41, 5.74) is 0. The van der Waals surface area contributed by atoms with Crippen molar-refractivity contribution in [3.8, 4) is 0 Å². The Morgan fingerprint density at radius 2 is 1.04 bits per heavy atom. The number of hydrogen-bond donors (Lipinski definition) is 3. The zero-order chi connectivity index (χ0) is 38.2. The molecule has 9 nitrogen and oxygen atoms in total. The normalized spacial score (nSPS) is 15.1. The predicted molar refractivity (Wildman–Crippen MR) is 214 cm³/mol. The quantitative estimate of drug-likeness (QED) is 0.0248. The molecule has 0 aromatic carbocycles. The molecule has 0 aliphatic carbocycles. The van der Waals surface area contributed by atoms with E-state index in [9.17, 15) is 19.4 Å². The minimum absolute atomic E-state index is 0.0150. The fourth-order valence-electron chi connectivity index (χ4n) is 4.65. The molecule has 0 bridgehead atoms. The highest BCUT2D eigenvalue weighted by molar-refractivity contribution is 7.47. The van der Waals surface area contributed by atoms with Gasteiger partial charge in [-0.15, -0.1) is 0 Å². The number of unbranched alkanes of at least 4 members (excludes halogenated alkanes) is 8. The average molecular weight is 751 g/mol. The molecule has 298 valence electrons. The average Bonchev–Trinajstić information content (AvgIpc) is 3.13. The van der Waals surface area contributed by atoms with Crippen LogP contribution in [0.2, 0.25) is 0 Å². The first kappa shape index (κ1) is 49.6. The highest BCUT2D eigenvalue weighted by atomic mass is 31.2. The zero-order valence-electron chi connectivity index (χ0n) is 32.2. The Morgan fingerprint density at radius 3 is 1.56 bits per heavy atom. The number of phosphoric ester groups is 1. The molecule has 0 saturated carbocycles. The number of aliphatic hydroxyl groups excluding tert-OH is 2. The number of aliphatic hydroxyl groups is 2. The Morgan fingerprint density at radius 1 is 0.596 bits per heavy atom. The Labute approximate surface area is 315 Å². The molecule has 0 aliphatic rings. The molecule has 3 N–H and O–H groups in total. The molecule has 0 heterocycles. The molecule has 3 unspecified atom stereocenters.